The number of nitrogens with one attached hydrogen (secondary N) is 2. The first kappa shape index (κ1) is 13.8. The predicted molar refractivity (Wildman–Crippen MR) is 61.9 cm³/mol. The van der Waals surface area contributed by atoms with Crippen LogP contribution >= 0.6 is 0 Å². The molecule has 1 rings (SSSR count). The fourth-order valence-corrected chi connectivity index (χ4v) is 1.94. The van der Waals surface area contributed by atoms with Crippen LogP contribution in [0.15, 0.2) is 0 Å². The van der Waals surface area contributed by atoms with Crippen LogP contribution in [0.3, 0.4) is 0 Å². The number of carboxylic acids is 1. The normalized spacial score (nSPS) is 17.0. The zero-order valence-corrected chi connectivity index (χ0v) is 10.1. The van der Waals surface area contributed by atoms with Gasteiger partial charge < -0.3 is 20.5 Å². The van der Waals surface area contributed by atoms with Gasteiger partial charge in [-0.1, -0.05) is 0 Å². The van der Waals surface area contributed by atoms with E-state index in [1.807, 2.05) is 0 Å². The third-order valence-electron chi connectivity index (χ3n) is 2.99. The van der Waals surface area contributed by atoms with E-state index < -0.39 is 11.5 Å². The molecule has 0 aromatic rings. The molecule has 0 unspecified atom stereocenters. The third kappa shape index (κ3) is 4.60. The molecule has 0 heterocycles. The van der Waals surface area contributed by atoms with Crippen LogP contribution in [0.25, 0.3) is 0 Å². The molecule has 1 saturated carbocycles. The first-order valence-electron chi connectivity index (χ1n) is 5.85. The van der Waals surface area contributed by atoms with E-state index in [1.54, 1.807) is 7.11 Å². The number of urea groups is 1. The lowest BCUT2D eigenvalue weighted by Crippen LogP contribution is -2.57. The van der Waals surface area contributed by atoms with Crippen LogP contribution in [0, 0.1) is 0 Å². The molecule has 3 N–H and O–H groups in total. The number of amides is 2. The lowest BCUT2D eigenvalue weighted by Gasteiger charge is -2.41. The second-order valence-corrected chi connectivity index (χ2v) is 4.43. The predicted octanol–water partition coefficient (Wildman–Crippen LogP) is 0.719. The van der Waals surface area contributed by atoms with Crippen LogP contribution < -0.4 is 10.6 Å². The summed E-state index contributed by atoms with van der Waals surface area (Å²) in [5.41, 5.74) is -0.531. The summed E-state index contributed by atoms with van der Waals surface area (Å²) in [6.07, 6.45) is 3.20. The Labute approximate surface area is 101 Å². The number of rotatable bonds is 7. The molecule has 6 heteroatoms. The molecule has 0 aromatic carbocycles. The van der Waals surface area contributed by atoms with Gasteiger partial charge in [-0.15, -0.1) is 0 Å². The van der Waals surface area contributed by atoms with Gasteiger partial charge in [0.1, 0.15) is 0 Å². The van der Waals surface area contributed by atoms with Crippen LogP contribution in [0.1, 0.15) is 32.1 Å². The molecule has 1 aliphatic rings. The van der Waals surface area contributed by atoms with Gasteiger partial charge in [0.2, 0.25) is 0 Å². The first-order valence-corrected chi connectivity index (χ1v) is 5.85. The number of aliphatic carboxylic acids is 1. The van der Waals surface area contributed by atoms with Gasteiger partial charge in [-0.05, 0) is 25.7 Å². The van der Waals surface area contributed by atoms with Crippen molar-refractivity contribution in [3.8, 4) is 0 Å². The van der Waals surface area contributed by atoms with E-state index in [0.717, 1.165) is 25.7 Å². The number of carbonyl (C=O) groups excluding carboxylic acids is 1. The molecule has 6 nitrogen and oxygen atoms in total. The average molecular weight is 244 g/mol. The molecular formula is C11H20N2O4. The summed E-state index contributed by atoms with van der Waals surface area (Å²) < 4.78 is 4.86. The molecule has 0 aliphatic heterocycles. The van der Waals surface area contributed by atoms with Crippen molar-refractivity contribution in [1.29, 1.82) is 0 Å². The fourth-order valence-electron chi connectivity index (χ4n) is 1.94. The molecule has 1 aliphatic carbocycles. The third-order valence-corrected chi connectivity index (χ3v) is 2.99. The van der Waals surface area contributed by atoms with Crippen LogP contribution in [0.5, 0.6) is 0 Å². The number of hydrogen-bond donors (Lipinski definition) is 3. The van der Waals surface area contributed by atoms with E-state index in [1.165, 1.54) is 0 Å². The molecule has 98 valence electrons. The van der Waals surface area contributed by atoms with Crippen LogP contribution in [-0.4, -0.2) is 42.9 Å². The van der Waals surface area contributed by atoms with E-state index in [9.17, 15) is 9.59 Å². The molecule has 0 radical (unpaired) electrons. The summed E-state index contributed by atoms with van der Waals surface area (Å²) in [6, 6.07) is -0.290. The Morgan fingerprint density at radius 2 is 2.12 bits per heavy atom. The van der Waals surface area contributed by atoms with Gasteiger partial charge in [-0.3, -0.25) is 4.79 Å². The van der Waals surface area contributed by atoms with E-state index in [4.69, 9.17) is 9.84 Å². The SMILES string of the molecule is COCCCNC(=O)NC1(CC(=O)O)CCC1. The highest BCUT2D eigenvalue weighted by molar-refractivity contribution is 5.77. The van der Waals surface area contributed by atoms with Crippen molar-refractivity contribution in [3.63, 3.8) is 0 Å². The van der Waals surface area contributed by atoms with E-state index in [0.29, 0.717) is 13.2 Å². The summed E-state index contributed by atoms with van der Waals surface area (Å²) in [6.45, 7) is 1.13. The Morgan fingerprint density at radius 3 is 2.59 bits per heavy atom. The largest absolute Gasteiger partial charge is 0.481 e. The molecular weight excluding hydrogens is 224 g/mol. The molecule has 17 heavy (non-hydrogen) atoms. The Morgan fingerprint density at radius 1 is 1.41 bits per heavy atom. The van der Waals surface area contributed by atoms with Crippen molar-refractivity contribution in [1.82, 2.24) is 10.6 Å². The topological polar surface area (TPSA) is 87.7 Å². The van der Waals surface area contributed by atoms with Gasteiger partial charge in [0.25, 0.3) is 0 Å². The van der Waals surface area contributed by atoms with Crippen LogP contribution in [0.2, 0.25) is 0 Å². The standard InChI is InChI=1S/C11H20N2O4/c1-17-7-3-6-12-10(16)13-11(4-2-5-11)8-9(14)15/h2-8H2,1H3,(H,14,15)(H2,12,13,16). The zero-order valence-electron chi connectivity index (χ0n) is 10.1. The highest BCUT2D eigenvalue weighted by Gasteiger charge is 2.40. The van der Waals surface area contributed by atoms with E-state index in [-0.39, 0.29) is 12.5 Å². The molecule has 0 spiro atoms. The maximum atomic E-state index is 11.5. The summed E-state index contributed by atoms with van der Waals surface area (Å²) >= 11 is 0. The highest BCUT2D eigenvalue weighted by atomic mass is 16.5. The lowest BCUT2D eigenvalue weighted by atomic mass is 9.74. The monoisotopic (exact) mass is 244 g/mol. The smallest absolute Gasteiger partial charge is 0.315 e. The summed E-state index contributed by atoms with van der Waals surface area (Å²) in [5.74, 6) is -0.871. The molecule has 2 amide bonds. The van der Waals surface area contributed by atoms with Gasteiger partial charge in [0.05, 0.1) is 12.0 Å². The van der Waals surface area contributed by atoms with E-state index in [2.05, 4.69) is 10.6 Å². The van der Waals surface area contributed by atoms with Gasteiger partial charge in [0.15, 0.2) is 0 Å². The Bertz CT molecular complexity index is 277. The van der Waals surface area contributed by atoms with Gasteiger partial charge in [-0.25, -0.2) is 4.79 Å². The molecule has 0 atom stereocenters. The van der Waals surface area contributed by atoms with Crippen molar-refractivity contribution in [2.45, 2.75) is 37.6 Å². The van der Waals surface area contributed by atoms with Crippen molar-refractivity contribution in [2.24, 2.45) is 0 Å². The highest BCUT2D eigenvalue weighted by Crippen LogP contribution is 2.34. The minimum absolute atomic E-state index is 0.00150. The Balaban J connectivity index is 2.25. The summed E-state index contributed by atoms with van der Waals surface area (Å²) in [7, 11) is 1.61. The molecule has 1 fully saturated rings. The second kappa shape index (κ2) is 6.44. The minimum atomic E-state index is -0.871. The minimum Gasteiger partial charge on any atom is -0.481 e. The quantitative estimate of drug-likeness (QED) is 0.576. The van der Waals surface area contributed by atoms with Gasteiger partial charge >= 0.3 is 12.0 Å². The first-order chi connectivity index (χ1) is 8.08. The van der Waals surface area contributed by atoms with Crippen molar-refractivity contribution < 1.29 is 19.4 Å². The van der Waals surface area contributed by atoms with Crippen molar-refractivity contribution in [2.75, 3.05) is 20.3 Å². The Hall–Kier alpha value is -1.30. The number of methoxy groups -OCH3 is 1. The molecule has 0 bridgehead atoms. The number of hydrogen-bond acceptors (Lipinski definition) is 3. The summed E-state index contributed by atoms with van der Waals surface area (Å²) in [5, 5.41) is 14.2. The number of ether oxygens (including phenoxy) is 1. The average Bonchev–Trinajstić information content (AvgIpc) is 2.20. The maximum Gasteiger partial charge on any atom is 0.315 e. The molecule has 0 saturated heterocycles. The Kier molecular flexibility index (Phi) is 5.21. The van der Waals surface area contributed by atoms with E-state index >= 15 is 0 Å². The fraction of sp³-hybridized carbons (Fsp3) is 0.818. The van der Waals surface area contributed by atoms with Crippen molar-refractivity contribution >= 4 is 12.0 Å². The van der Waals surface area contributed by atoms with Gasteiger partial charge in [0, 0.05) is 20.3 Å². The van der Waals surface area contributed by atoms with Crippen LogP contribution in [-0.2, 0) is 9.53 Å². The summed E-state index contributed by atoms with van der Waals surface area (Å²) in [4.78, 5) is 22.2. The zero-order chi connectivity index (χ0) is 12.7. The number of carbonyl (C=O) groups is 2. The van der Waals surface area contributed by atoms with Crippen molar-refractivity contribution in [3.05, 3.63) is 0 Å². The maximum absolute atomic E-state index is 11.5. The molecule has 0 aromatic heterocycles. The van der Waals surface area contributed by atoms with Crippen LogP contribution in [0.4, 0.5) is 4.79 Å². The van der Waals surface area contributed by atoms with Gasteiger partial charge in [-0.2, -0.15) is 0 Å². The lowest BCUT2D eigenvalue weighted by molar-refractivity contribution is -0.139. The number of carboxylic acid groups (broad SMARTS) is 1. The second-order valence-electron chi connectivity index (χ2n) is 4.43.